The molecule has 3 rings (SSSR count). The third kappa shape index (κ3) is 5.64. The highest BCUT2D eigenvalue weighted by molar-refractivity contribution is 6.01. The van der Waals surface area contributed by atoms with Crippen LogP contribution in [0.15, 0.2) is 73.1 Å². The van der Waals surface area contributed by atoms with Crippen molar-refractivity contribution >= 4 is 17.5 Å². The number of nitrogens with one attached hydrogen (secondary N) is 2. The topological polar surface area (TPSA) is 93.2 Å². The summed E-state index contributed by atoms with van der Waals surface area (Å²) in [5.74, 6) is -0.0260. The summed E-state index contributed by atoms with van der Waals surface area (Å²) >= 11 is 0. The van der Waals surface area contributed by atoms with Gasteiger partial charge in [-0.25, -0.2) is 9.97 Å². The molecule has 154 valence electrons. The van der Waals surface area contributed by atoms with Gasteiger partial charge in [0.05, 0.1) is 0 Å². The lowest BCUT2D eigenvalue weighted by Crippen LogP contribution is -2.47. The molecule has 2 aromatic carbocycles. The van der Waals surface area contributed by atoms with Crippen molar-refractivity contribution in [1.82, 2.24) is 15.3 Å². The van der Waals surface area contributed by atoms with Crippen LogP contribution in [0.25, 0.3) is 0 Å². The van der Waals surface area contributed by atoms with E-state index in [0.29, 0.717) is 17.0 Å². The first-order chi connectivity index (χ1) is 14.6. The van der Waals surface area contributed by atoms with Gasteiger partial charge in [0.1, 0.15) is 11.8 Å². The number of ether oxygens (including phenoxy) is 1. The largest absolute Gasteiger partial charge is 0.424 e. The molecule has 2 amide bonds. The zero-order valence-electron chi connectivity index (χ0n) is 16.9. The molecular weight excluding hydrogens is 380 g/mol. The predicted octanol–water partition coefficient (Wildman–Crippen LogP) is 4.05. The fourth-order valence-corrected chi connectivity index (χ4v) is 2.79. The molecule has 0 radical (unpaired) electrons. The number of anilines is 1. The minimum Gasteiger partial charge on any atom is -0.424 e. The zero-order chi connectivity index (χ0) is 21.3. The van der Waals surface area contributed by atoms with E-state index in [4.69, 9.17) is 4.74 Å². The van der Waals surface area contributed by atoms with E-state index < -0.39 is 6.04 Å². The van der Waals surface area contributed by atoms with Gasteiger partial charge in [-0.1, -0.05) is 38.5 Å². The quantitative estimate of drug-likeness (QED) is 0.591. The fourth-order valence-electron chi connectivity index (χ4n) is 2.79. The maximum Gasteiger partial charge on any atom is 0.321 e. The molecule has 3 aromatic rings. The molecular formula is C23H24N4O3. The second kappa shape index (κ2) is 10.2. The molecule has 2 unspecified atom stereocenters. The van der Waals surface area contributed by atoms with Gasteiger partial charge in [-0.3, -0.25) is 9.59 Å². The van der Waals surface area contributed by atoms with E-state index in [-0.39, 0.29) is 23.7 Å². The van der Waals surface area contributed by atoms with Gasteiger partial charge < -0.3 is 15.4 Å². The van der Waals surface area contributed by atoms with Gasteiger partial charge in [-0.2, -0.15) is 0 Å². The lowest BCUT2D eigenvalue weighted by Gasteiger charge is -2.23. The van der Waals surface area contributed by atoms with Crippen LogP contribution in [-0.4, -0.2) is 27.8 Å². The molecule has 0 aliphatic heterocycles. The van der Waals surface area contributed by atoms with E-state index in [1.165, 1.54) is 0 Å². The summed E-state index contributed by atoms with van der Waals surface area (Å²) in [7, 11) is 0. The van der Waals surface area contributed by atoms with Gasteiger partial charge in [0, 0.05) is 23.6 Å². The van der Waals surface area contributed by atoms with Gasteiger partial charge >= 0.3 is 6.01 Å². The van der Waals surface area contributed by atoms with Crippen molar-refractivity contribution in [3.63, 3.8) is 0 Å². The highest BCUT2D eigenvalue weighted by Gasteiger charge is 2.26. The van der Waals surface area contributed by atoms with Crippen molar-refractivity contribution in [2.45, 2.75) is 26.3 Å². The smallest absolute Gasteiger partial charge is 0.321 e. The summed E-state index contributed by atoms with van der Waals surface area (Å²) in [5, 5.41) is 5.72. The van der Waals surface area contributed by atoms with Crippen molar-refractivity contribution in [3.8, 4) is 11.8 Å². The monoisotopic (exact) mass is 404 g/mol. The maximum atomic E-state index is 12.9. The minimum absolute atomic E-state index is 0.0319. The number of hydrogen-bond donors (Lipinski definition) is 2. The van der Waals surface area contributed by atoms with Crippen LogP contribution in [0.2, 0.25) is 0 Å². The number of carbonyl (C=O) groups excluding carboxylic acids is 2. The van der Waals surface area contributed by atoms with Crippen LogP contribution in [0.4, 0.5) is 5.69 Å². The molecule has 0 spiro atoms. The Labute approximate surface area is 175 Å². The van der Waals surface area contributed by atoms with Crippen LogP contribution in [0, 0.1) is 5.92 Å². The molecule has 2 N–H and O–H groups in total. The number of aromatic nitrogens is 2. The minimum atomic E-state index is -0.656. The lowest BCUT2D eigenvalue weighted by molar-refractivity contribution is -0.119. The highest BCUT2D eigenvalue weighted by Crippen LogP contribution is 2.20. The number of carbonyl (C=O) groups is 2. The maximum absolute atomic E-state index is 12.9. The normalized spacial score (nSPS) is 12.5. The Kier molecular flexibility index (Phi) is 7.10. The van der Waals surface area contributed by atoms with E-state index in [2.05, 4.69) is 20.6 Å². The molecule has 0 saturated heterocycles. The summed E-state index contributed by atoms with van der Waals surface area (Å²) in [4.78, 5) is 33.4. The zero-order valence-corrected chi connectivity index (χ0v) is 16.9. The Bertz CT molecular complexity index is 963. The SMILES string of the molecule is CCC(C)C(NC(=O)c1ccccc1)C(=O)Nc1ccc(Oc2ncccn2)cc1. The van der Waals surface area contributed by atoms with E-state index in [0.717, 1.165) is 6.42 Å². The molecule has 0 aliphatic carbocycles. The van der Waals surface area contributed by atoms with Gasteiger partial charge in [-0.15, -0.1) is 0 Å². The summed E-state index contributed by atoms with van der Waals surface area (Å²) in [6.07, 6.45) is 3.93. The fraction of sp³-hybridized carbons (Fsp3) is 0.217. The van der Waals surface area contributed by atoms with Crippen molar-refractivity contribution in [1.29, 1.82) is 0 Å². The Morgan fingerprint density at radius 3 is 2.27 bits per heavy atom. The molecule has 2 atom stereocenters. The first kappa shape index (κ1) is 21.0. The summed E-state index contributed by atoms with van der Waals surface area (Å²) in [6, 6.07) is 17.0. The molecule has 1 heterocycles. The molecule has 0 fully saturated rings. The van der Waals surface area contributed by atoms with Crippen molar-refractivity contribution in [2.24, 2.45) is 5.92 Å². The summed E-state index contributed by atoms with van der Waals surface area (Å²) < 4.78 is 5.55. The van der Waals surface area contributed by atoms with E-state index >= 15 is 0 Å². The van der Waals surface area contributed by atoms with Crippen molar-refractivity contribution in [2.75, 3.05) is 5.32 Å². The van der Waals surface area contributed by atoms with Gasteiger partial charge in [0.15, 0.2) is 0 Å². The number of hydrogen-bond acceptors (Lipinski definition) is 5. The van der Waals surface area contributed by atoms with E-state index in [1.54, 1.807) is 67.0 Å². The number of nitrogens with zero attached hydrogens (tertiary/aromatic N) is 2. The number of amides is 2. The first-order valence-corrected chi connectivity index (χ1v) is 9.78. The average molecular weight is 404 g/mol. The van der Waals surface area contributed by atoms with Crippen LogP contribution < -0.4 is 15.4 Å². The van der Waals surface area contributed by atoms with Crippen LogP contribution in [0.3, 0.4) is 0 Å². The summed E-state index contributed by atoms with van der Waals surface area (Å²) in [6.45, 7) is 3.92. The standard InChI is InChI=1S/C23H24N4O3/c1-3-16(2)20(27-21(28)17-8-5-4-6-9-17)22(29)26-18-10-12-19(13-11-18)30-23-24-14-7-15-25-23/h4-16,20H,3H2,1-2H3,(H,26,29)(H,27,28). The van der Waals surface area contributed by atoms with Crippen molar-refractivity contribution < 1.29 is 14.3 Å². The molecule has 30 heavy (non-hydrogen) atoms. The third-order valence-electron chi connectivity index (χ3n) is 4.69. The van der Waals surface area contributed by atoms with Crippen LogP contribution in [-0.2, 0) is 4.79 Å². The Morgan fingerprint density at radius 2 is 1.63 bits per heavy atom. The molecule has 7 heteroatoms. The van der Waals surface area contributed by atoms with Gasteiger partial charge in [0.2, 0.25) is 5.91 Å². The lowest BCUT2D eigenvalue weighted by atomic mass is 9.97. The summed E-state index contributed by atoms with van der Waals surface area (Å²) in [5.41, 5.74) is 1.12. The first-order valence-electron chi connectivity index (χ1n) is 9.78. The highest BCUT2D eigenvalue weighted by atomic mass is 16.5. The van der Waals surface area contributed by atoms with Crippen molar-refractivity contribution in [3.05, 3.63) is 78.6 Å². The van der Waals surface area contributed by atoms with E-state index in [9.17, 15) is 9.59 Å². The average Bonchev–Trinajstić information content (AvgIpc) is 2.79. The predicted molar refractivity (Wildman–Crippen MR) is 114 cm³/mol. The molecule has 0 bridgehead atoms. The number of rotatable bonds is 8. The van der Waals surface area contributed by atoms with Gasteiger partial charge in [0.25, 0.3) is 5.91 Å². The van der Waals surface area contributed by atoms with Crippen LogP contribution in [0.5, 0.6) is 11.8 Å². The second-order valence-electron chi connectivity index (χ2n) is 6.85. The van der Waals surface area contributed by atoms with E-state index in [1.807, 2.05) is 19.9 Å². The molecule has 0 aliphatic rings. The molecule has 0 saturated carbocycles. The Balaban J connectivity index is 1.65. The van der Waals surface area contributed by atoms with Crippen LogP contribution in [0.1, 0.15) is 30.6 Å². The Morgan fingerprint density at radius 1 is 0.967 bits per heavy atom. The van der Waals surface area contributed by atoms with Gasteiger partial charge in [-0.05, 0) is 48.4 Å². The Hall–Kier alpha value is -3.74. The number of benzene rings is 2. The molecule has 7 nitrogen and oxygen atoms in total. The second-order valence-corrected chi connectivity index (χ2v) is 6.85. The molecule has 1 aromatic heterocycles. The van der Waals surface area contributed by atoms with Crippen LogP contribution >= 0.6 is 0 Å². The third-order valence-corrected chi connectivity index (χ3v) is 4.69.